The number of carbonyl (C=O) groups excluding carboxylic acids is 1. The molecule has 34 heavy (non-hydrogen) atoms. The summed E-state index contributed by atoms with van der Waals surface area (Å²) in [4.78, 5) is 16.9. The van der Waals surface area contributed by atoms with Crippen molar-refractivity contribution in [3.05, 3.63) is 112 Å². The van der Waals surface area contributed by atoms with Crippen LogP contribution in [-0.4, -0.2) is 20.7 Å². The number of nitrogens with zero attached hydrogens (tertiary/aromatic N) is 3. The maximum absolute atomic E-state index is 14.9. The number of aryl methyl sites for hydroxylation is 1. The number of aromatic nitrogens is 3. The zero-order valence-electron chi connectivity index (χ0n) is 17.9. The lowest BCUT2D eigenvalue weighted by atomic mass is 10.0. The largest absolute Gasteiger partial charge is 0.324 e. The van der Waals surface area contributed by atoms with Gasteiger partial charge in [0.05, 0.1) is 5.56 Å². The van der Waals surface area contributed by atoms with E-state index < -0.39 is 23.6 Å². The number of allylic oxidation sites excluding steroid dienone is 1. The zero-order valence-corrected chi connectivity index (χ0v) is 18.6. The van der Waals surface area contributed by atoms with Crippen molar-refractivity contribution in [1.82, 2.24) is 14.8 Å². The maximum atomic E-state index is 14.9. The Morgan fingerprint density at radius 2 is 1.76 bits per heavy atom. The van der Waals surface area contributed by atoms with Gasteiger partial charge in [-0.25, -0.2) is 13.5 Å². The van der Waals surface area contributed by atoms with Gasteiger partial charge in [-0.15, -0.1) is 5.10 Å². The first-order valence-corrected chi connectivity index (χ1v) is 10.8. The van der Waals surface area contributed by atoms with Gasteiger partial charge in [0.15, 0.2) is 0 Å². The molecule has 3 aromatic carbocycles. The van der Waals surface area contributed by atoms with E-state index in [0.717, 1.165) is 11.1 Å². The molecule has 170 valence electrons. The molecule has 2 heterocycles. The Morgan fingerprint density at radius 1 is 1.03 bits per heavy atom. The fourth-order valence-corrected chi connectivity index (χ4v) is 4.04. The van der Waals surface area contributed by atoms with E-state index in [1.54, 1.807) is 18.2 Å². The highest BCUT2D eigenvalue weighted by Gasteiger charge is 2.29. The molecule has 0 radical (unpaired) electrons. The highest BCUT2D eigenvalue weighted by Crippen LogP contribution is 2.37. The summed E-state index contributed by atoms with van der Waals surface area (Å²) in [6.07, 6.45) is 1.79. The molecular formula is C25H18ClF2N5O. The minimum atomic E-state index is -0.743. The first-order valence-electron chi connectivity index (χ1n) is 10.4. The van der Waals surface area contributed by atoms with Crippen LogP contribution >= 0.6 is 11.6 Å². The average molecular weight is 478 g/mol. The third-order valence-electron chi connectivity index (χ3n) is 5.47. The molecule has 0 bridgehead atoms. The van der Waals surface area contributed by atoms with Crippen LogP contribution in [0.4, 0.5) is 20.7 Å². The zero-order chi connectivity index (χ0) is 23.8. The fraction of sp³-hybridized carbons (Fsp3) is 0.0800. The van der Waals surface area contributed by atoms with Crippen molar-refractivity contribution in [2.75, 3.05) is 10.6 Å². The van der Waals surface area contributed by atoms with E-state index in [-0.39, 0.29) is 28.0 Å². The minimum Gasteiger partial charge on any atom is -0.324 e. The predicted octanol–water partition coefficient (Wildman–Crippen LogP) is 5.83. The van der Waals surface area contributed by atoms with Crippen LogP contribution in [0.1, 0.15) is 33.1 Å². The van der Waals surface area contributed by atoms with Crippen LogP contribution in [0.5, 0.6) is 0 Å². The topological polar surface area (TPSA) is 71.8 Å². The van der Waals surface area contributed by atoms with Crippen molar-refractivity contribution >= 4 is 35.1 Å². The van der Waals surface area contributed by atoms with E-state index in [2.05, 4.69) is 20.7 Å². The second kappa shape index (κ2) is 8.72. The standard InChI is InChI=1S/C25H18ClF2N5O/c1-14-9-11-15(12-10-14)20-13-21(22-17(26)6-4-8-19(22)28)33-25(29-20)31-24(32-33)30-23(34)16-5-2-3-7-18(16)27/h2-13,21H,1H3,(H2,29,30,31,32,34)/t21-/m0/s1. The second-order valence-electron chi connectivity index (χ2n) is 7.79. The molecule has 5 rings (SSSR count). The van der Waals surface area contributed by atoms with Crippen molar-refractivity contribution < 1.29 is 13.6 Å². The predicted molar refractivity (Wildman–Crippen MR) is 127 cm³/mol. The fourth-order valence-electron chi connectivity index (χ4n) is 3.76. The summed E-state index contributed by atoms with van der Waals surface area (Å²) in [6, 6.07) is 17.1. The van der Waals surface area contributed by atoms with Gasteiger partial charge in [0.25, 0.3) is 11.9 Å². The normalized spacial score (nSPS) is 14.7. The number of amides is 1. The van der Waals surface area contributed by atoms with E-state index in [9.17, 15) is 13.6 Å². The van der Waals surface area contributed by atoms with Crippen LogP contribution in [0.3, 0.4) is 0 Å². The van der Waals surface area contributed by atoms with E-state index in [0.29, 0.717) is 5.70 Å². The van der Waals surface area contributed by atoms with Gasteiger partial charge in [-0.05, 0) is 42.8 Å². The number of hydrogen-bond acceptors (Lipinski definition) is 4. The molecule has 1 amide bonds. The molecule has 1 aromatic heterocycles. The Morgan fingerprint density at radius 3 is 2.50 bits per heavy atom. The molecule has 4 aromatic rings. The first kappa shape index (κ1) is 21.8. The molecule has 2 N–H and O–H groups in total. The molecule has 1 aliphatic heterocycles. The number of anilines is 2. The molecule has 0 spiro atoms. The van der Waals surface area contributed by atoms with E-state index in [1.807, 2.05) is 31.2 Å². The quantitative estimate of drug-likeness (QED) is 0.388. The molecule has 1 atom stereocenters. The van der Waals surface area contributed by atoms with Crippen LogP contribution in [0, 0.1) is 18.6 Å². The number of nitrogens with one attached hydrogen (secondary N) is 2. The van der Waals surface area contributed by atoms with E-state index in [1.165, 1.54) is 35.0 Å². The first-order chi connectivity index (χ1) is 16.4. The van der Waals surface area contributed by atoms with Gasteiger partial charge in [0.1, 0.15) is 17.7 Å². The lowest BCUT2D eigenvalue weighted by Crippen LogP contribution is -2.21. The van der Waals surface area contributed by atoms with Crippen LogP contribution in [0.15, 0.2) is 72.8 Å². The van der Waals surface area contributed by atoms with Gasteiger partial charge < -0.3 is 5.32 Å². The van der Waals surface area contributed by atoms with Crippen molar-refractivity contribution in [3.63, 3.8) is 0 Å². The molecule has 0 saturated heterocycles. The van der Waals surface area contributed by atoms with Crippen molar-refractivity contribution in [3.8, 4) is 0 Å². The molecule has 6 nitrogen and oxygen atoms in total. The summed E-state index contributed by atoms with van der Waals surface area (Å²) in [6.45, 7) is 1.98. The van der Waals surface area contributed by atoms with E-state index in [4.69, 9.17) is 11.6 Å². The van der Waals surface area contributed by atoms with E-state index >= 15 is 0 Å². The van der Waals surface area contributed by atoms with Crippen LogP contribution in [-0.2, 0) is 0 Å². The van der Waals surface area contributed by atoms with Crippen molar-refractivity contribution in [1.29, 1.82) is 0 Å². The Labute approximate surface area is 198 Å². The van der Waals surface area contributed by atoms with Crippen molar-refractivity contribution in [2.24, 2.45) is 0 Å². The molecular weight excluding hydrogens is 460 g/mol. The highest BCUT2D eigenvalue weighted by molar-refractivity contribution is 6.31. The van der Waals surface area contributed by atoms with Crippen LogP contribution in [0.25, 0.3) is 5.70 Å². The number of carbonyl (C=O) groups is 1. The second-order valence-corrected chi connectivity index (χ2v) is 8.20. The molecule has 9 heteroatoms. The minimum absolute atomic E-state index is 0.0632. The monoisotopic (exact) mass is 477 g/mol. The summed E-state index contributed by atoms with van der Waals surface area (Å²) in [5.74, 6) is -1.66. The summed E-state index contributed by atoms with van der Waals surface area (Å²) < 4.78 is 30.3. The molecule has 1 aliphatic rings. The lowest BCUT2D eigenvalue weighted by molar-refractivity contribution is 0.102. The summed E-state index contributed by atoms with van der Waals surface area (Å²) in [5, 5.41) is 10.3. The average Bonchev–Trinajstić information content (AvgIpc) is 3.22. The van der Waals surface area contributed by atoms with Gasteiger partial charge in [-0.2, -0.15) is 4.98 Å². The molecule has 0 aliphatic carbocycles. The Hall–Kier alpha value is -4.04. The van der Waals surface area contributed by atoms with Crippen LogP contribution < -0.4 is 10.6 Å². The highest BCUT2D eigenvalue weighted by atomic mass is 35.5. The third-order valence-corrected chi connectivity index (χ3v) is 5.80. The number of benzene rings is 3. The number of halogens is 3. The van der Waals surface area contributed by atoms with Gasteiger partial charge in [-0.3, -0.25) is 10.1 Å². The Kier molecular flexibility index (Phi) is 5.59. The number of hydrogen-bond donors (Lipinski definition) is 2. The lowest BCUT2D eigenvalue weighted by Gasteiger charge is -2.25. The number of fused-ring (bicyclic) bond motifs is 1. The summed E-state index contributed by atoms with van der Waals surface area (Å²) >= 11 is 6.37. The smallest absolute Gasteiger partial charge is 0.261 e. The molecule has 0 unspecified atom stereocenters. The molecule has 0 saturated carbocycles. The van der Waals surface area contributed by atoms with Crippen molar-refractivity contribution in [2.45, 2.75) is 13.0 Å². The maximum Gasteiger partial charge on any atom is 0.261 e. The third kappa shape index (κ3) is 4.04. The Balaban J connectivity index is 1.56. The van der Waals surface area contributed by atoms with Crippen LogP contribution in [0.2, 0.25) is 5.02 Å². The SMILES string of the molecule is Cc1ccc(C2=C[C@@H](c3c(F)cccc3Cl)n3nc(NC(=O)c4ccccc4F)nc3N2)cc1. The number of rotatable bonds is 4. The summed E-state index contributed by atoms with van der Waals surface area (Å²) in [5.41, 5.74) is 2.70. The van der Waals surface area contributed by atoms with Gasteiger partial charge in [0, 0.05) is 16.3 Å². The van der Waals surface area contributed by atoms with Gasteiger partial charge >= 0.3 is 0 Å². The molecule has 0 fully saturated rings. The summed E-state index contributed by atoms with van der Waals surface area (Å²) in [7, 11) is 0. The van der Waals surface area contributed by atoms with Gasteiger partial charge in [0.2, 0.25) is 5.95 Å². The van der Waals surface area contributed by atoms with Gasteiger partial charge in [-0.1, -0.05) is 59.6 Å². The Bertz CT molecular complexity index is 1410.